The van der Waals surface area contributed by atoms with E-state index in [4.69, 9.17) is 5.73 Å². The van der Waals surface area contributed by atoms with Crippen LogP contribution < -0.4 is 5.73 Å². The van der Waals surface area contributed by atoms with Gasteiger partial charge in [-0.25, -0.2) is 14.4 Å². The Labute approximate surface area is 107 Å². The maximum atomic E-state index is 13.2. The maximum Gasteiger partial charge on any atom is 0.162 e. The van der Waals surface area contributed by atoms with Gasteiger partial charge in [0.15, 0.2) is 5.82 Å². The van der Waals surface area contributed by atoms with Crippen molar-refractivity contribution < 1.29 is 4.39 Å². The van der Waals surface area contributed by atoms with Gasteiger partial charge in [-0.1, -0.05) is 22.9 Å². The predicted octanol–water partition coefficient (Wildman–Crippen LogP) is 3.19. The SMILES string of the molecule is CCc1cc(N)nc(-c2cc(F)ccc2Br)n1. The summed E-state index contributed by atoms with van der Waals surface area (Å²) < 4.78 is 14.0. The van der Waals surface area contributed by atoms with Gasteiger partial charge in [-0.15, -0.1) is 0 Å². The molecule has 1 heterocycles. The monoisotopic (exact) mass is 295 g/mol. The van der Waals surface area contributed by atoms with Crippen molar-refractivity contribution in [3.8, 4) is 11.4 Å². The first-order chi connectivity index (χ1) is 8.10. The van der Waals surface area contributed by atoms with Crippen LogP contribution in [0.15, 0.2) is 28.7 Å². The quantitative estimate of drug-likeness (QED) is 0.926. The summed E-state index contributed by atoms with van der Waals surface area (Å²) in [5, 5.41) is 0. The average molecular weight is 296 g/mol. The van der Waals surface area contributed by atoms with E-state index in [2.05, 4.69) is 25.9 Å². The van der Waals surface area contributed by atoms with Gasteiger partial charge < -0.3 is 5.73 Å². The van der Waals surface area contributed by atoms with Crippen LogP contribution in [-0.2, 0) is 6.42 Å². The van der Waals surface area contributed by atoms with Crippen molar-refractivity contribution in [2.75, 3.05) is 5.73 Å². The minimum absolute atomic E-state index is 0.327. The molecule has 1 aromatic heterocycles. The number of benzene rings is 1. The molecule has 0 aliphatic heterocycles. The van der Waals surface area contributed by atoms with Gasteiger partial charge in [-0.3, -0.25) is 0 Å². The molecular weight excluding hydrogens is 285 g/mol. The molecule has 5 heteroatoms. The summed E-state index contributed by atoms with van der Waals surface area (Å²) in [4.78, 5) is 8.46. The van der Waals surface area contributed by atoms with Crippen LogP contribution in [0.4, 0.5) is 10.2 Å². The third-order valence-electron chi connectivity index (χ3n) is 2.33. The summed E-state index contributed by atoms with van der Waals surface area (Å²) in [5.74, 6) is 0.503. The number of nitrogen functional groups attached to an aromatic ring is 1. The van der Waals surface area contributed by atoms with Gasteiger partial charge >= 0.3 is 0 Å². The van der Waals surface area contributed by atoms with Crippen LogP contribution in [-0.4, -0.2) is 9.97 Å². The number of anilines is 1. The molecule has 2 rings (SSSR count). The minimum atomic E-state index is -0.327. The fourth-order valence-corrected chi connectivity index (χ4v) is 1.91. The first kappa shape index (κ1) is 12.0. The zero-order valence-corrected chi connectivity index (χ0v) is 10.8. The number of rotatable bonds is 2. The summed E-state index contributed by atoms with van der Waals surface area (Å²) in [6, 6.07) is 6.11. The molecule has 0 aliphatic carbocycles. The van der Waals surface area contributed by atoms with Crippen molar-refractivity contribution in [1.82, 2.24) is 9.97 Å². The van der Waals surface area contributed by atoms with Crippen molar-refractivity contribution in [3.05, 3.63) is 40.2 Å². The molecule has 88 valence electrons. The van der Waals surface area contributed by atoms with E-state index < -0.39 is 0 Å². The fraction of sp³-hybridized carbons (Fsp3) is 0.167. The van der Waals surface area contributed by atoms with Gasteiger partial charge in [0.2, 0.25) is 0 Å². The number of nitrogens with two attached hydrogens (primary N) is 1. The van der Waals surface area contributed by atoms with Crippen LogP contribution in [0.25, 0.3) is 11.4 Å². The van der Waals surface area contributed by atoms with E-state index in [0.29, 0.717) is 17.2 Å². The molecule has 0 atom stereocenters. The van der Waals surface area contributed by atoms with Crippen LogP contribution in [0.3, 0.4) is 0 Å². The summed E-state index contributed by atoms with van der Waals surface area (Å²) in [6.45, 7) is 1.98. The molecule has 2 N–H and O–H groups in total. The molecule has 0 amide bonds. The minimum Gasteiger partial charge on any atom is -0.384 e. The Kier molecular flexibility index (Phi) is 3.38. The van der Waals surface area contributed by atoms with Crippen LogP contribution in [0, 0.1) is 5.82 Å². The standard InChI is InChI=1S/C12H11BrFN3/c1-2-8-6-11(15)17-12(16-8)9-5-7(14)3-4-10(9)13/h3-6H,2H2,1H3,(H2,15,16,17). The Morgan fingerprint density at radius 1 is 1.29 bits per heavy atom. The molecule has 0 saturated heterocycles. The second-order valence-electron chi connectivity index (χ2n) is 3.59. The first-order valence-electron chi connectivity index (χ1n) is 5.19. The number of aromatic nitrogens is 2. The van der Waals surface area contributed by atoms with E-state index in [9.17, 15) is 4.39 Å². The Balaban J connectivity index is 2.59. The van der Waals surface area contributed by atoms with E-state index >= 15 is 0 Å². The van der Waals surface area contributed by atoms with Crippen LogP contribution in [0.2, 0.25) is 0 Å². The van der Waals surface area contributed by atoms with E-state index in [1.54, 1.807) is 12.1 Å². The highest BCUT2D eigenvalue weighted by Crippen LogP contribution is 2.27. The lowest BCUT2D eigenvalue weighted by Crippen LogP contribution is -2.00. The Hall–Kier alpha value is -1.49. The normalized spacial score (nSPS) is 10.5. The molecule has 0 aliphatic rings. The van der Waals surface area contributed by atoms with Gasteiger partial charge in [0.25, 0.3) is 0 Å². The van der Waals surface area contributed by atoms with Gasteiger partial charge in [0, 0.05) is 21.8 Å². The molecule has 2 aromatic rings. The summed E-state index contributed by atoms with van der Waals surface area (Å²) >= 11 is 3.35. The smallest absolute Gasteiger partial charge is 0.162 e. The largest absolute Gasteiger partial charge is 0.384 e. The zero-order valence-electron chi connectivity index (χ0n) is 9.24. The average Bonchev–Trinajstić information content (AvgIpc) is 2.31. The molecular formula is C12H11BrFN3. The van der Waals surface area contributed by atoms with Gasteiger partial charge in [-0.2, -0.15) is 0 Å². The predicted molar refractivity (Wildman–Crippen MR) is 68.9 cm³/mol. The lowest BCUT2D eigenvalue weighted by molar-refractivity contribution is 0.628. The van der Waals surface area contributed by atoms with E-state index in [0.717, 1.165) is 16.6 Å². The number of halogens is 2. The van der Waals surface area contributed by atoms with Crippen molar-refractivity contribution in [1.29, 1.82) is 0 Å². The highest BCUT2D eigenvalue weighted by Gasteiger charge is 2.09. The lowest BCUT2D eigenvalue weighted by Gasteiger charge is -2.06. The van der Waals surface area contributed by atoms with E-state index in [1.807, 2.05) is 6.92 Å². The maximum absolute atomic E-state index is 13.2. The zero-order chi connectivity index (χ0) is 12.4. The lowest BCUT2D eigenvalue weighted by atomic mass is 10.2. The molecule has 1 aromatic carbocycles. The van der Waals surface area contributed by atoms with Crippen molar-refractivity contribution in [3.63, 3.8) is 0 Å². The van der Waals surface area contributed by atoms with Crippen LogP contribution >= 0.6 is 15.9 Å². The Bertz CT molecular complexity index is 557. The number of hydrogen-bond acceptors (Lipinski definition) is 3. The second kappa shape index (κ2) is 4.79. The molecule has 0 spiro atoms. The molecule has 0 fully saturated rings. The van der Waals surface area contributed by atoms with Gasteiger partial charge in [0.1, 0.15) is 11.6 Å². The molecule has 0 saturated carbocycles. The molecule has 0 bridgehead atoms. The van der Waals surface area contributed by atoms with E-state index in [1.165, 1.54) is 12.1 Å². The van der Waals surface area contributed by atoms with Gasteiger partial charge in [0.05, 0.1) is 0 Å². The molecule has 3 nitrogen and oxygen atoms in total. The van der Waals surface area contributed by atoms with Crippen molar-refractivity contribution in [2.24, 2.45) is 0 Å². The Morgan fingerprint density at radius 3 is 2.76 bits per heavy atom. The number of nitrogens with zero attached hydrogens (tertiary/aromatic N) is 2. The topological polar surface area (TPSA) is 51.8 Å². The first-order valence-corrected chi connectivity index (χ1v) is 5.98. The van der Waals surface area contributed by atoms with E-state index in [-0.39, 0.29) is 5.82 Å². The number of aryl methyl sites for hydroxylation is 1. The third-order valence-corrected chi connectivity index (χ3v) is 3.02. The summed E-state index contributed by atoms with van der Waals surface area (Å²) in [7, 11) is 0. The molecule has 17 heavy (non-hydrogen) atoms. The van der Waals surface area contributed by atoms with Crippen LogP contribution in [0.5, 0.6) is 0 Å². The molecule has 0 unspecified atom stereocenters. The fourth-order valence-electron chi connectivity index (χ4n) is 1.49. The van der Waals surface area contributed by atoms with Gasteiger partial charge in [-0.05, 0) is 24.6 Å². The molecule has 0 radical (unpaired) electrons. The van der Waals surface area contributed by atoms with Crippen molar-refractivity contribution >= 4 is 21.7 Å². The third kappa shape index (κ3) is 2.61. The summed E-state index contributed by atoms with van der Waals surface area (Å²) in [6.07, 6.45) is 0.757. The number of hydrogen-bond donors (Lipinski definition) is 1. The van der Waals surface area contributed by atoms with Crippen molar-refractivity contribution in [2.45, 2.75) is 13.3 Å². The Morgan fingerprint density at radius 2 is 2.06 bits per heavy atom. The highest BCUT2D eigenvalue weighted by atomic mass is 79.9. The second-order valence-corrected chi connectivity index (χ2v) is 4.44. The highest BCUT2D eigenvalue weighted by molar-refractivity contribution is 9.10. The summed E-state index contributed by atoms with van der Waals surface area (Å²) in [5.41, 5.74) is 7.14. The van der Waals surface area contributed by atoms with Crippen LogP contribution in [0.1, 0.15) is 12.6 Å².